The lowest BCUT2D eigenvalue weighted by Gasteiger charge is -2.62. The summed E-state index contributed by atoms with van der Waals surface area (Å²) >= 11 is 0. The van der Waals surface area contributed by atoms with Crippen LogP contribution in [-0.2, 0) is 19.3 Å². The van der Waals surface area contributed by atoms with Gasteiger partial charge < -0.3 is 44.8 Å². The van der Waals surface area contributed by atoms with Gasteiger partial charge in [0.25, 0.3) is 11.6 Å². The van der Waals surface area contributed by atoms with Crippen molar-refractivity contribution in [2.75, 3.05) is 61.2 Å². The summed E-state index contributed by atoms with van der Waals surface area (Å²) < 4.78 is 56.1. The Bertz CT molecular complexity index is 2910. The Morgan fingerprint density at radius 1 is 1.04 bits per heavy atom. The van der Waals surface area contributed by atoms with E-state index in [1.165, 1.54) is 17.2 Å². The van der Waals surface area contributed by atoms with E-state index in [9.17, 15) is 14.9 Å². The maximum atomic E-state index is 15.9. The smallest absolute Gasteiger partial charge is 0.297 e. The minimum atomic E-state index is -4.76. The van der Waals surface area contributed by atoms with Crippen LogP contribution in [0.1, 0.15) is 86.8 Å². The molecule has 4 N–H and O–H groups in total. The highest BCUT2D eigenvalue weighted by Crippen LogP contribution is 2.57. The zero-order valence-electron chi connectivity index (χ0n) is 38.1. The molecule has 352 valence electrons. The van der Waals surface area contributed by atoms with Crippen molar-refractivity contribution in [2.24, 2.45) is 11.1 Å². The molecule has 3 saturated heterocycles. The standard InChI is InChI=1S/C49H56N8O9S/c1-27(2)33-8-5-6-9-34(33)36-10-7-15-55(36)31-19-49(20-31)25-54(26-49)37-12-11-35(46(50)58)44(56-39-16-29-13-14-51-47(29)53-48(39)66-42-24-63-23-40(42)56)45(37)67(61,62)32-17-38(57(59)60)43-41(18-32)65-22-30(52-43)21-64-28(3)4/h5-6,8-9,11-14,16-18,27-28,30-31,36,40,42,52H,7,10,15,19-26H2,1-4H3,(H2,50,58)(H,51,53)/t30-,36-,40-,42-/m0/s1. The molecule has 6 aliphatic rings. The number of primary amides is 1. The number of pyridine rings is 1. The summed E-state index contributed by atoms with van der Waals surface area (Å²) in [6.45, 7) is 11.1. The Labute approximate surface area is 389 Å². The summed E-state index contributed by atoms with van der Waals surface area (Å²) in [5.41, 5.74) is 9.92. The summed E-state index contributed by atoms with van der Waals surface area (Å²) in [6.07, 6.45) is 5.29. The number of nitro groups is 1. The van der Waals surface area contributed by atoms with Gasteiger partial charge in [0.05, 0.1) is 64.8 Å². The Hall–Kier alpha value is -5.95. The zero-order chi connectivity index (χ0) is 46.5. The van der Waals surface area contributed by atoms with E-state index in [1.54, 1.807) is 23.2 Å². The number of ether oxygens (including phenoxy) is 4. The van der Waals surface area contributed by atoms with Crippen LogP contribution in [0.15, 0.2) is 76.7 Å². The summed E-state index contributed by atoms with van der Waals surface area (Å²) in [4.78, 5) is 39.9. The molecule has 0 unspecified atom stereocenters. The number of aromatic amines is 1. The fourth-order valence-electron chi connectivity index (χ4n) is 11.6. The third-order valence-corrected chi connectivity index (χ3v) is 16.5. The largest absolute Gasteiger partial charge is 0.489 e. The fourth-order valence-corrected chi connectivity index (χ4v) is 13.3. The highest BCUT2D eigenvalue weighted by Gasteiger charge is 2.56. The van der Waals surface area contributed by atoms with Gasteiger partial charge in [0.2, 0.25) is 15.7 Å². The molecule has 0 bridgehead atoms. The number of anilines is 4. The van der Waals surface area contributed by atoms with Crippen LogP contribution in [0.2, 0.25) is 0 Å². The summed E-state index contributed by atoms with van der Waals surface area (Å²) in [7, 11) is -4.76. The monoisotopic (exact) mass is 932 g/mol. The molecule has 1 saturated carbocycles. The molecule has 7 heterocycles. The molecule has 17 nitrogen and oxygen atoms in total. The molecule has 18 heteroatoms. The highest BCUT2D eigenvalue weighted by molar-refractivity contribution is 7.91. The van der Waals surface area contributed by atoms with E-state index in [0.717, 1.165) is 43.7 Å². The molecule has 2 aromatic heterocycles. The minimum Gasteiger partial charge on any atom is -0.489 e. The van der Waals surface area contributed by atoms with Crippen molar-refractivity contribution in [1.82, 2.24) is 14.9 Å². The predicted molar refractivity (Wildman–Crippen MR) is 252 cm³/mol. The molecular formula is C49H56N8O9S. The first-order valence-electron chi connectivity index (χ1n) is 23.4. The lowest BCUT2D eigenvalue weighted by atomic mass is 9.60. The summed E-state index contributed by atoms with van der Waals surface area (Å²) in [5, 5.41) is 16.7. The van der Waals surface area contributed by atoms with Crippen LogP contribution in [0.25, 0.3) is 11.0 Å². The Morgan fingerprint density at radius 3 is 2.61 bits per heavy atom. The van der Waals surface area contributed by atoms with Crippen molar-refractivity contribution in [2.45, 2.75) is 105 Å². The van der Waals surface area contributed by atoms with Gasteiger partial charge in [0.15, 0.2) is 11.4 Å². The minimum absolute atomic E-state index is 0.0161. The second-order valence-corrected chi connectivity index (χ2v) is 21.6. The van der Waals surface area contributed by atoms with E-state index in [1.807, 2.05) is 26.0 Å². The average molecular weight is 933 g/mol. The van der Waals surface area contributed by atoms with E-state index in [4.69, 9.17) is 29.7 Å². The van der Waals surface area contributed by atoms with Crippen molar-refractivity contribution in [3.63, 3.8) is 0 Å². The van der Waals surface area contributed by atoms with Gasteiger partial charge >= 0.3 is 0 Å². The van der Waals surface area contributed by atoms with Crippen molar-refractivity contribution in [3.8, 4) is 11.6 Å². The van der Waals surface area contributed by atoms with Crippen molar-refractivity contribution in [3.05, 3.63) is 93.7 Å². The zero-order valence-corrected chi connectivity index (χ0v) is 38.9. The topological polar surface area (TPSA) is 208 Å². The van der Waals surface area contributed by atoms with Crippen LogP contribution >= 0.6 is 0 Å². The molecule has 1 amide bonds. The number of hydrogen-bond acceptors (Lipinski definition) is 14. The van der Waals surface area contributed by atoms with Crippen LogP contribution in [-0.4, -0.2) is 111 Å². The van der Waals surface area contributed by atoms with E-state index in [2.05, 4.69) is 58.2 Å². The van der Waals surface area contributed by atoms with Crippen LogP contribution < -0.4 is 30.3 Å². The van der Waals surface area contributed by atoms with Gasteiger partial charge in [-0.2, -0.15) is 4.98 Å². The number of aromatic nitrogens is 2. The molecule has 5 aliphatic heterocycles. The molecule has 11 rings (SSSR count). The number of nitro benzene ring substituents is 1. The molecule has 1 spiro atoms. The number of rotatable bonds is 12. The molecular weight excluding hydrogens is 877 g/mol. The number of nitrogens with two attached hydrogens (primary N) is 1. The van der Waals surface area contributed by atoms with Gasteiger partial charge in [-0.3, -0.25) is 19.8 Å². The number of carbonyl (C=O) groups excluding carboxylic acids is 1. The Balaban J connectivity index is 1.01. The van der Waals surface area contributed by atoms with Crippen molar-refractivity contribution >= 4 is 55.2 Å². The number of carbonyl (C=O) groups is 1. The summed E-state index contributed by atoms with van der Waals surface area (Å²) in [5.74, 6) is -0.185. The lowest BCUT2D eigenvalue weighted by molar-refractivity contribution is -0.384. The second kappa shape index (κ2) is 16.4. The normalized spacial score (nSPS) is 23.3. The third kappa shape index (κ3) is 7.34. The van der Waals surface area contributed by atoms with Crippen LogP contribution in [0.5, 0.6) is 11.6 Å². The van der Waals surface area contributed by atoms with E-state index < -0.39 is 44.5 Å². The molecule has 4 atom stereocenters. The van der Waals surface area contributed by atoms with Gasteiger partial charge in [0.1, 0.15) is 28.9 Å². The molecule has 4 fully saturated rings. The van der Waals surface area contributed by atoms with Crippen LogP contribution in [0.4, 0.5) is 28.4 Å². The maximum absolute atomic E-state index is 15.9. The lowest BCUT2D eigenvalue weighted by Crippen LogP contribution is -2.66. The quantitative estimate of drug-likeness (QED) is 0.0834. The first-order valence-corrected chi connectivity index (χ1v) is 24.8. The average Bonchev–Trinajstić information content (AvgIpc) is 4.07. The number of H-pyrrole nitrogens is 1. The predicted octanol–water partition coefficient (Wildman–Crippen LogP) is 7.23. The second-order valence-electron chi connectivity index (χ2n) is 19.7. The number of fused-ring (bicyclic) bond motifs is 4. The van der Waals surface area contributed by atoms with Crippen LogP contribution in [0, 0.1) is 15.5 Å². The number of hydrogen-bond donors (Lipinski definition) is 3. The van der Waals surface area contributed by atoms with Gasteiger partial charge in [-0.1, -0.05) is 38.1 Å². The Kier molecular flexibility index (Phi) is 10.7. The number of sulfone groups is 1. The molecule has 5 aromatic rings. The third-order valence-electron chi connectivity index (χ3n) is 14.7. The molecule has 0 radical (unpaired) electrons. The molecule has 3 aromatic carbocycles. The van der Waals surface area contributed by atoms with Gasteiger partial charge in [-0.15, -0.1) is 0 Å². The maximum Gasteiger partial charge on any atom is 0.297 e. The Morgan fingerprint density at radius 2 is 1.85 bits per heavy atom. The molecule has 1 aliphatic carbocycles. The number of amides is 1. The molecule has 67 heavy (non-hydrogen) atoms. The van der Waals surface area contributed by atoms with E-state index in [0.29, 0.717) is 48.1 Å². The number of nitrogens with zero attached hydrogens (tertiary/aromatic N) is 5. The van der Waals surface area contributed by atoms with Crippen LogP contribution in [0.3, 0.4) is 0 Å². The number of benzene rings is 3. The number of nitrogens with one attached hydrogen (secondary N) is 2. The van der Waals surface area contributed by atoms with Crippen molar-refractivity contribution < 1.29 is 37.1 Å². The first-order chi connectivity index (χ1) is 32.2. The van der Waals surface area contributed by atoms with E-state index in [-0.39, 0.29) is 76.3 Å². The van der Waals surface area contributed by atoms with Gasteiger partial charge in [-0.25, -0.2) is 8.42 Å². The van der Waals surface area contributed by atoms with E-state index >= 15 is 8.42 Å². The fraction of sp³-hybridized carbons (Fsp3) is 0.469. The number of likely N-dealkylation sites (tertiary alicyclic amines) is 1. The van der Waals surface area contributed by atoms with Crippen molar-refractivity contribution in [1.29, 1.82) is 0 Å². The first kappa shape index (κ1) is 43.6. The SMILES string of the molecule is CC(C)OC[C@H]1COc2cc(S(=O)(=O)c3c(N4CC5(CC(N6CCC[C@H]6c6ccccc6C(C)C)C5)C4)ccc(C(N)=O)c3N3c4cc5cc[nH]c5nc4O[C@H]4COC[C@@H]43)cc([N+](=O)[O-])c2N1. The highest BCUT2D eigenvalue weighted by atomic mass is 32.2. The van der Waals surface area contributed by atoms with Gasteiger partial charge in [-0.05, 0) is 87.4 Å². The summed E-state index contributed by atoms with van der Waals surface area (Å²) in [6, 6.07) is 17.9. The van der Waals surface area contributed by atoms with Gasteiger partial charge in [0, 0.05) is 54.3 Å².